The molecule has 0 atom stereocenters. The highest BCUT2D eigenvalue weighted by Crippen LogP contribution is 1.91. The first-order valence-corrected chi connectivity index (χ1v) is 7.05. The zero-order valence-electron chi connectivity index (χ0n) is 14.4. The van der Waals surface area contributed by atoms with Gasteiger partial charge in [0.15, 0.2) is 0 Å². The van der Waals surface area contributed by atoms with Gasteiger partial charge in [-0.3, -0.25) is 0 Å². The Hall–Kier alpha value is -0.780. The van der Waals surface area contributed by atoms with E-state index in [1.54, 1.807) is 0 Å². The number of rotatable bonds is 1. The van der Waals surface area contributed by atoms with E-state index in [-0.39, 0.29) is 0 Å². The minimum Gasteiger partial charge on any atom is -0.0919 e. The third kappa shape index (κ3) is 97.6. The first kappa shape index (κ1) is 29.8. The maximum Gasteiger partial charge on any atom is -0.0401 e. The summed E-state index contributed by atoms with van der Waals surface area (Å²) in [5.74, 6) is 0. The summed E-state index contributed by atoms with van der Waals surface area (Å²) in [5, 5.41) is 0. The Labute approximate surface area is 113 Å². The van der Waals surface area contributed by atoms with Crippen molar-refractivity contribution in [3.05, 3.63) is 36.0 Å². The maximum absolute atomic E-state index is 2.08. The van der Waals surface area contributed by atoms with Crippen LogP contribution in [0, 0.1) is 0 Å². The second kappa shape index (κ2) is 59.0. The molecule has 0 aliphatic heterocycles. The van der Waals surface area contributed by atoms with Gasteiger partial charge in [-0.05, 0) is 34.6 Å². The highest BCUT2D eigenvalue weighted by Gasteiger charge is 1.69. The van der Waals surface area contributed by atoms with Crippen LogP contribution in [0.15, 0.2) is 36.0 Å². The van der Waals surface area contributed by atoms with Gasteiger partial charge in [-0.2, -0.15) is 0 Å². The SMILES string of the molecule is C/C=C\C.C/C=C\C(C)=C/C.CC.CC.CC. The van der Waals surface area contributed by atoms with Gasteiger partial charge in [-0.15, -0.1) is 0 Å². The van der Waals surface area contributed by atoms with Crippen molar-refractivity contribution >= 4 is 0 Å². The lowest BCUT2D eigenvalue weighted by atomic mass is 10.3. The first-order chi connectivity index (χ1) is 8.22. The quantitative estimate of drug-likeness (QED) is 0.337. The van der Waals surface area contributed by atoms with Crippen molar-refractivity contribution in [3.63, 3.8) is 0 Å². The van der Waals surface area contributed by atoms with Crippen LogP contribution in [0.3, 0.4) is 0 Å². The molecule has 0 aromatic rings. The molecule has 0 fully saturated rings. The van der Waals surface area contributed by atoms with Crippen LogP contribution in [-0.2, 0) is 0 Å². The van der Waals surface area contributed by atoms with Crippen LogP contribution < -0.4 is 0 Å². The van der Waals surface area contributed by atoms with E-state index < -0.39 is 0 Å². The Kier molecular flexibility index (Phi) is 104. The molecule has 0 radical (unpaired) electrons. The molecule has 0 aromatic carbocycles. The van der Waals surface area contributed by atoms with E-state index in [0.717, 1.165) is 0 Å². The van der Waals surface area contributed by atoms with Crippen LogP contribution in [0.1, 0.15) is 76.2 Å². The molecule has 17 heavy (non-hydrogen) atoms. The summed E-state index contributed by atoms with van der Waals surface area (Å²) in [5.41, 5.74) is 1.32. The van der Waals surface area contributed by atoms with Crippen molar-refractivity contribution in [2.45, 2.75) is 76.2 Å². The van der Waals surface area contributed by atoms with Gasteiger partial charge in [0.1, 0.15) is 0 Å². The minimum atomic E-state index is 1.32. The Morgan fingerprint density at radius 1 is 0.588 bits per heavy atom. The third-order valence-corrected chi connectivity index (χ3v) is 1.22. The molecule has 0 unspecified atom stereocenters. The van der Waals surface area contributed by atoms with Gasteiger partial charge in [0, 0.05) is 0 Å². The number of hydrogen-bond acceptors (Lipinski definition) is 0. The number of hydrogen-bond donors (Lipinski definition) is 0. The summed E-state index contributed by atoms with van der Waals surface area (Å²) in [6.45, 7) is 22.1. The molecule has 0 nitrogen and oxygen atoms in total. The van der Waals surface area contributed by atoms with E-state index in [9.17, 15) is 0 Å². The Balaban J connectivity index is -0.0000000412. The van der Waals surface area contributed by atoms with E-state index in [2.05, 4.69) is 19.1 Å². The molecule has 0 saturated carbocycles. The summed E-state index contributed by atoms with van der Waals surface area (Å²) < 4.78 is 0. The Morgan fingerprint density at radius 3 is 0.941 bits per heavy atom. The topological polar surface area (TPSA) is 0 Å². The van der Waals surface area contributed by atoms with E-state index in [4.69, 9.17) is 0 Å². The highest BCUT2D eigenvalue weighted by molar-refractivity contribution is 5.13. The van der Waals surface area contributed by atoms with Crippen LogP contribution >= 0.6 is 0 Å². The van der Waals surface area contributed by atoms with Crippen LogP contribution in [0.2, 0.25) is 0 Å². The zero-order valence-corrected chi connectivity index (χ0v) is 14.4. The van der Waals surface area contributed by atoms with Crippen LogP contribution in [0.25, 0.3) is 0 Å². The average molecular weight is 242 g/mol. The molecule has 0 heteroatoms. The molecule has 106 valence electrons. The van der Waals surface area contributed by atoms with E-state index in [0.29, 0.717) is 0 Å². The predicted octanol–water partition coefficient (Wildman–Crippen LogP) is 7.19. The lowest BCUT2D eigenvalue weighted by Gasteiger charge is -1.81. The van der Waals surface area contributed by atoms with Gasteiger partial charge in [0.2, 0.25) is 0 Å². The molecule has 0 spiro atoms. The Bertz CT molecular complexity index is 132. The predicted molar refractivity (Wildman–Crippen MR) is 88.8 cm³/mol. The normalized spacial score (nSPS) is 8.76. The van der Waals surface area contributed by atoms with Crippen LogP contribution in [0.5, 0.6) is 0 Å². The second-order valence-corrected chi connectivity index (χ2v) is 2.20. The van der Waals surface area contributed by atoms with Gasteiger partial charge in [-0.25, -0.2) is 0 Å². The third-order valence-electron chi connectivity index (χ3n) is 1.22. The summed E-state index contributed by atoms with van der Waals surface area (Å²) in [6.07, 6.45) is 10.2. The molecule has 0 aliphatic rings. The van der Waals surface area contributed by atoms with E-state index >= 15 is 0 Å². The fourth-order valence-electron chi connectivity index (χ4n) is 0.359. The highest BCUT2D eigenvalue weighted by atomic mass is 13.8. The monoisotopic (exact) mass is 242 g/mol. The number of allylic oxidation sites excluding steroid dienone is 6. The maximum atomic E-state index is 2.08. The van der Waals surface area contributed by atoms with Crippen molar-refractivity contribution in [2.24, 2.45) is 0 Å². The smallest absolute Gasteiger partial charge is 0.0401 e. The average Bonchev–Trinajstić information content (AvgIpc) is 2.46. The van der Waals surface area contributed by atoms with Gasteiger partial charge in [0.25, 0.3) is 0 Å². The van der Waals surface area contributed by atoms with Crippen molar-refractivity contribution < 1.29 is 0 Å². The molecule has 0 N–H and O–H groups in total. The first-order valence-electron chi connectivity index (χ1n) is 7.05. The van der Waals surface area contributed by atoms with Crippen LogP contribution in [-0.4, -0.2) is 0 Å². The minimum absolute atomic E-state index is 1.32. The van der Waals surface area contributed by atoms with Crippen molar-refractivity contribution in [2.75, 3.05) is 0 Å². The molecular formula is C17H38. The molecule has 0 bridgehead atoms. The fraction of sp³-hybridized carbons (Fsp3) is 0.647. The standard InChI is InChI=1S/C7H12.C4H8.3C2H6/c1-4-6-7(3)5-2;1-3-4-2;3*1-2/h4-6H,1-3H3;3-4H,1-2H3;3*1-2H3/b6-4-,7-5-;4-3-;;;. The molecule has 0 aromatic heterocycles. The van der Waals surface area contributed by atoms with Crippen molar-refractivity contribution in [3.8, 4) is 0 Å². The molecule has 0 heterocycles. The summed E-state index contributed by atoms with van der Waals surface area (Å²) in [7, 11) is 0. The van der Waals surface area contributed by atoms with E-state index in [1.807, 2.05) is 87.5 Å². The lowest BCUT2D eigenvalue weighted by molar-refractivity contribution is 1.46. The molecule has 0 saturated heterocycles. The second-order valence-electron chi connectivity index (χ2n) is 2.20. The summed E-state index contributed by atoms with van der Waals surface area (Å²) >= 11 is 0. The van der Waals surface area contributed by atoms with Gasteiger partial charge in [-0.1, -0.05) is 77.5 Å². The Morgan fingerprint density at radius 2 is 0.882 bits per heavy atom. The summed E-state index contributed by atoms with van der Waals surface area (Å²) in [6, 6.07) is 0. The lowest BCUT2D eigenvalue weighted by Crippen LogP contribution is -1.60. The summed E-state index contributed by atoms with van der Waals surface area (Å²) in [4.78, 5) is 0. The molecule has 0 aliphatic carbocycles. The zero-order chi connectivity index (χ0) is 15.1. The molecular weight excluding hydrogens is 204 g/mol. The largest absolute Gasteiger partial charge is 0.0919 e. The van der Waals surface area contributed by atoms with Crippen LogP contribution in [0.4, 0.5) is 0 Å². The molecule has 0 rings (SSSR count). The fourth-order valence-corrected chi connectivity index (χ4v) is 0.359. The van der Waals surface area contributed by atoms with Crippen molar-refractivity contribution in [1.82, 2.24) is 0 Å². The van der Waals surface area contributed by atoms with Gasteiger partial charge in [0.05, 0.1) is 0 Å². The van der Waals surface area contributed by atoms with E-state index in [1.165, 1.54) is 5.57 Å². The van der Waals surface area contributed by atoms with Crippen molar-refractivity contribution in [1.29, 1.82) is 0 Å². The van der Waals surface area contributed by atoms with Gasteiger partial charge >= 0.3 is 0 Å². The van der Waals surface area contributed by atoms with Gasteiger partial charge < -0.3 is 0 Å². The molecule has 0 amide bonds.